The quantitative estimate of drug-likeness (QED) is 0.621. The lowest BCUT2D eigenvalue weighted by atomic mass is 10.1. The number of para-hydroxylation sites is 1. The van der Waals surface area contributed by atoms with E-state index >= 15 is 0 Å². The Morgan fingerprint density at radius 3 is 2.56 bits per heavy atom. The van der Waals surface area contributed by atoms with Gasteiger partial charge in [-0.3, -0.25) is 4.79 Å². The number of aryl methyl sites for hydroxylation is 2. The fraction of sp³-hybridized carbons (Fsp3) is 0.348. The van der Waals surface area contributed by atoms with E-state index in [1.54, 1.807) is 7.11 Å². The van der Waals surface area contributed by atoms with Gasteiger partial charge in [-0.05, 0) is 37.0 Å². The van der Waals surface area contributed by atoms with Gasteiger partial charge in [-0.1, -0.05) is 48.5 Å². The Hall–Kier alpha value is -2.59. The minimum atomic E-state index is 0.160. The predicted octanol–water partition coefficient (Wildman–Crippen LogP) is 4.13. The molecule has 0 bridgehead atoms. The number of H-pyrrole nitrogens is 1. The molecule has 0 atom stereocenters. The van der Waals surface area contributed by atoms with E-state index in [-0.39, 0.29) is 5.91 Å². The van der Waals surface area contributed by atoms with Gasteiger partial charge in [0.25, 0.3) is 0 Å². The SMILES string of the molecule is COCCN(CCCc1ccccc1)C(=O)Cc1c(C)[nH]c2ccccc12. The van der Waals surface area contributed by atoms with Crippen molar-refractivity contribution >= 4 is 16.8 Å². The highest BCUT2D eigenvalue weighted by atomic mass is 16.5. The fourth-order valence-corrected chi connectivity index (χ4v) is 3.51. The van der Waals surface area contributed by atoms with Gasteiger partial charge in [0.1, 0.15) is 0 Å². The lowest BCUT2D eigenvalue weighted by Gasteiger charge is -2.22. The Kier molecular flexibility index (Phi) is 6.66. The summed E-state index contributed by atoms with van der Waals surface area (Å²) in [6.07, 6.45) is 2.35. The molecule has 4 heteroatoms. The number of fused-ring (bicyclic) bond motifs is 1. The van der Waals surface area contributed by atoms with Gasteiger partial charge < -0.3 is 14.6 Å². The first-order valence-corrected chi connectivity index (χ1v) is 9.56. The van der Waals surface area contributed by atoms with Crippen LogP contribution in [0.25, 0.3) is 10.9 Å². The first kappa shape index (κ1) is 19.2. The highest BCUT2D eigenvalue weighted by Gasteiger charge is 2.17. The molecule has 1 aromatic heterocycles. The Balaban J connectivity index is 1.66. The molecule has 0 aliphatic rings. The van der Waals surface area contributed by atoms with Crippen LogP contribution in [-0.2, 0) is 22.4 Å². The second kappa shape index (κ2) is 9.38. The molecule has 0 aliphatic heterocycles. The number of nitrogens with one attached hydrogen (secondary N) is 1. The molecule has 4 nitrogen and oxygen atoms in total. The molecule has 3 rings (SSSR count). The molecule has 0 spiro atoms. The van der Waals surface area contributed by atoms with Crippen LogP contribution < -0.4 is 0 Å². The second-order valence-electron chi connectivity index (χ2n) is 6.91. The molecule has 142 valence electrons. The molecule has 0 saturated carbocycles. The summed E-state index contributed by atoms with van der Waals surface area (Å²) in [6, 6.07) is 18.6. The number of methoxy groups -OCH3 is 1. The Morgan fingerprint density at radius 1 is 1.04 bits per heavy atom. The topological polar surface area (TPSA) is 45.3 Å². The van der Waals surface area contributed by atoms with Gasteiger partial charge >= 0.3 is 0 Å². The first-order valence-electron chi connectivity index (χ1n) is 9.56. The average molecular weight is 364 g/mol. The van der Waals surface area contributed by atoms with Crippen LogP contribution >= 0.6 is 0 Å². The van der Waals surface area contributed by atoms with Gasteiger partial charge in [0.15, 0.2) is 0 Å². The summed E-state index contributed by atoms with van der Waals surface area (Å²) in [5, 5.41) is 1.14. The molecule has 1 N–H and O–H groups in total. The van der Waals surface area contributed by atoms with E-state index < -0.39 is 0 Å². The number of hydrogen-bond acceptors (Lipinski definition) is 2. The van der Waals surface area contributed by atoms with E-state index in [4.69, 9.17) is 4.74 Å². The van der Waals surface area contributed by atoms with Crippen LogP contribution in [0.5, 0.6) is 0 Å². The van der Waals surface area contributed by atoms with E-state index in [1.807, 2.05) is 30.0 Å². The molecule has 3 aromatic rings. The second-order valence-corrected chi connectivity index (χ2v) is 6.91. The van der Waals surface area contributed by atoms with Gasteiger partial charge in [0.05, 0.1) is 13.0 Å². The number of amides is 1. The molecule has 2 aromatic carbocycles. The van der Waals surface area contributed by atoms with Crippen molar-refractivity contribution in [3.63, 3.8) is 0 Å². The number of ether oxygens (including phenoxy) is 1. The molecular formula is C23H28N2O2. The summed E-state index contributed by atoms with van der Waals surface area (Å²) in [4.78, 5) is 18.3. The number of aromatic nitrogens is 1. The summed E-state index contributed by atoms with van der Waals surface area (Å²) < 4.78 is 5.22. The van der Waals surface area contributed by atoms with Gasteiger partial charge in [0, 0.05) is 36.8 Å². The van der Waals surface area contributed by atoms with Crippen LogP contribution in [0, 0.1) is 6.92 Å². The smallest absolute Gasteiger partial charge is 0.227 e. The first-order chi connectivity index (χ1) is 13.2. The maximum absolute atomic E-state index is 13.0. The third-order valence-corrected chi connectivity index (χ3v) is 5.01. The van der Waals surface area contributed by atoms with E-state index in [9.17, 15) is 4.79 Å². The van der Waals surface area contributed by atoms with Gasteiger partial charge in [0.2, 0.25) is 5.91 Å². The minimum absolute atomic E-state index is 0.160. The molecule has 0 unspecified atom stereocenters. The standard InChI is InChI=1S/C23H28N2O2/c1-18-21(20-12-6-7-13-22(20)24-18)17-23(26)25(15-16-27-2)14-8-11-19-9-4-3-5-10-19/h3-7,9-10,12-13,24H,8,11,14-17H2,1-2H3. The van der Waals surface area contributed by atoms with Crippen LogP contribution in [0.4, 0.5) is 0 Å². The summed E-state index contributed by atoms with van der Waals surface area (Å²) in [6.45, 7) is 3.98. The number of rotatable bonds is 9. The number of nitrogens with zero attached hydrogens (tertiary/aromatic N) is 1. The highest BCUT2D eigenvalue weighted by molar-refractivity contribution is 5.90. The van der Waals surface area contributed by atoms with Crippen molar-refractivity contribution in [2.24, 2.45) is 0 Å². The van der Waals surface area contributed by atoms with E-state index in [0.29, 0.717) is 19.6 Å². The molecule has 1 amide bonds. The van der Waals surface area contributed by atoms with E-state index in [2.05, 4.69) is 41.4 Å². The van der Waals surface area contributed by atoms with Crippen LogP contribution in [0.15, 0.2) is 54.6 Å². The number of carbonyl (C=O) groups excluding carboxylic acids is 1. The third kappa shape index (κ3) is 4.98. The zero-order valence-electron chi connectivity index (χ0n) is 16.2. The lowest BCUT2D eigenvalue weighted by molar-refractivity contribution is -0.131. The average Bonchev–Trinajstić information content (AvgIpc) is 3.00. The molecule has 1 heterocycles. The zero-order valence-corrected chi connectivity index (χ0v) is 16.2. The van der Waals surface area contributed by atoms with Gasteiger partial charge in [-0.25, -0.2) is 0 Å². The summed E-state index contributed by atoms with van der Waals surface area (Å²) in [5.74, 6) is 0.160. The number of aromatic amines is 1. The van der Waals surface area contributed by atoms with Crippen molar-refractivity contribution in [2.45, 2.75) is 26.2 Å². The van der Waals surface area contributed by atoms with Crippen molar-refractivity contribution < 1.29 is 9.53 Å². The minimum Gasteiger partial charge on any atom is -0.383 e. The summed E-state index contributed by atoms with van der Waals surface area (Å²) >= 11 is 0. The predicted molar refractivity (Wildman–Crippen MR) is 110 cm³/mol. The van der Waals surface area contributed by atoms with Gasteiger partial charge in [-0.2, -0.15) is 0 Å². The molecule has 0 fully saturated rings. The van der Waals surface area contributed by atoms with Crippen molar-refractivity contribution in [2.75, 3.05) is 26.8 Å². The van der Waals surface area contributed by atoms with Crippen LogP contribution in [0.2, 0.25) is 0 Å². The highest BCUT2D eigenvalue weighted by Crippen LogP contribution is 2.23. The Bertz CT molecular complexity index is 870. The molecule has 0 saturated heterocycles. The van der Waals surface area contributed by atoms with Crippen LogP contribution in [0.3, 0.4) is 0 Å². The van der Waals surface area contributed by atoms with Crippen LogP contribution in [-0.4, -0.2) is 42.6 Å². The Labute approximate surface area is 161 Å². The number of benzene rings is 2. The number of hydrogen-bond donors (Lipinski definition) is 1. The third-order valence-electron chi connectivity index (χ3n) is 5.01. The Morgan fingerprint density at radius 2 is 1.78 bits per heavy atom. The normalized spacial score (nSPS) is 11.0. The fourth-order valence-electron chi connectivity index (χ4n) is 3.51. The molecule has 0 aliphatic carbocycles. The van der Waals surface area contributed by atoms with E-state index in [0.717, 1.165) is 41.5 Å². The summed E-state index contributed by atoms with van der Waals surface area (Å²) in [5.41, 5.74) is 4.57. The summed E-state index contributed by atoms with van der Waals surface area (Å²) in [7, 11) is 1.68. The van der Waals surface area contributed by atoms with Crippen molar-refractivity contribution in [1.82, 2.24) is 9.88 Å². The molecular weight excluding hydrogens is 336 g/mol. The van der Waals surface area contributed by atoms with Crippen LogP contribution in [0.1, 0.15) is 23.2 Å². The zero-order chi connectivity index (χ0) is 19.1. The van der Waals surface area contributed by atoms with Crippen molar-refractivity contribution in [3.05, 3.63) is 71.4 Å². The molecule has 0 radical (unpaired) electrons. The molecule has 27 heavy (non-hydrogen) atoms. The van der Waals surface area contributed by atoms with Gasteiger partial charge in [-0.15, -0.1) is 0 Å². The van der Waals surface area contributed by atoms with Crippen molar-refractivity contribution in [1.29, 1.82) is 0 Å². The monoisotopic (exact) mass is 364 g/mol. The maximum Gasteiger partial charge on any atom is 0.227 e. The lowest BCUT2D eigenvalue weighted by Crippen LogP contribution is -2.36. The number of carbonyl (C=O) groups is 1. The van der Waals surface area contributed by atoms with E-state index in [1.165, 1.54) is 5.56 Å². The van der Waals surface area contributed by atoms with Crippen molar-refractivity contribution in [3.8, 4) is 0 Å². The maximum atomic E-state index is 13.0. The largest absolute Gasteiger partial charge is 0.383 e.